The van der Waals surface area contributed by atoms with Gasteiger partial charge in [0.2, 0.25) is 0 Å². The van der Waals surface area contributed by atoms with Gasteiger partial charge < -0.3 is 10.1 Å². The summed E-state index contributed by atoms with van der Waals surface area (Å²) in [4.78, 5) is 14.4. The fourth-order valence-corrected chi connectivity index (χ4v) is 5.55. The van der Waals surface area contributed by atoms with E-state index in [9.17, 15) is 4.79 Å². The van der Waals surface area contributed by atoms with Crippen LogP contribution in [0.15, 0.2) is 6.07 Å². The van der Waals surface area contributed by atoms with Gasteiger partial charge in [0.05, 0.1) is 5.69 Å². The molecule has 0 spiro atoms. The van der Waals surface area contributed by atoms with Gasteiger partial charge in [0, 0.05) is 43.2 Å². The Morgan fingerprint density at radius 3 is 2.75 bits per heavy atom. The number of hydrogen-bond acceptors (Lipinski definition) is 4. The van der Waals surface area contributed by atoms with Gasteiger partial charge in [-0.05, 0) is 58.1 Å². The molecule has 4 fully saturated rings. The Bertz CT molecular complexity index is 680. The van der Waals surface area contributed by atoms with Crippen molar-refractivity contribution in [2.75, 3.05) is 19.7 Å². The lowest BCUT2D eigenvalue weighted by molar-refractivity contribution is -0.00442. The Kier molecular flexibility index (Phi) is 5.95. The number of carbonyl (C=O) groups is 1. The van der Waals surface area contributed by atoms with Crippen molar-refractivity contribution in [1.29, 1.82) is 0 Å². The second kappa shape index (κ2) is 8.44. The first-order valence-corrected chi connectivity index (χ1v) is 11.2. The molecule has 1 aromatic rings. The second-order valence-electron chi connectivity index (χ2n) is 9.39. The number of aryl methyl sites for hydroxylation is 1. The van der Waals surface area contributed by atoms with Gasteiger partial charge in [0.15, 0.2) is 0 Å². The molecular weight excluding hydrogens is 352 g/mol. The summed E-state index contributed by atoms with van der Waals surface area (Å²) in [6, 6.07) is 2.88. The van der Waals surface area contributed by atoms with E-state index in [1.54, 1.807) is 0 Å². The van der Waals surface area contributed by atoms with Gasteiger partial charge in [-0.2, -0.15) is 5.10 Å². The quantitative estimate of drug-likeness (QED) is 0.834. The summed E-state index contributed by atoms with van der Waals surface area (Å²) in [5.74, 6) is 1.89. The highest BCUT2D eigenvalue weighted by Gasteiger charge is 2.42. The Morgan fingerprint density at radius 2 is 2.07 bits per heavy atom. The molecule has 4 aliphatic rings. The molecule has 4 heterocycles. The lowest BCUT2D eigenvalue weighted by Crippen LogP contribution is -2.54. The molecule has 0 aromatic carbocycles. The van der Waals surface area contributed by atoms with Crippen LogP contribution in [0.4, 0.5) is 4.79 Å². The summed E-state index contributed by atoms with van der Waals surface area (Å²) in [6.07, 6.45) is 8.74. The molecule has 5 rings (SSSR count). The SMILES string of the molecule is CC(C)NC(=O)OCC1CC2CCN1CC2c1cc(C2CCCCC2)nn1C. The number of hydrogen-bond donors (Lipinski definition) is 1. The summed E-state index contributed by atoms with van der Waals surface area (Å²) in [6.45, 7) is 6.59. The number of nitrogens with zero attached hydrogens (tertiary/aromatic N) is 3. The number of ether oxygens (including phenoxy) is 1. The highest BCUT2D eigenvalue weighted by Crippen LogP contribution is 2.43. The first kappa shape index (κ1) is 19.7. The summed E-state index contributed by atoms with van der Waals surface area (Å²) < 4.78 is 7.63. The molecule has 4 unspecified atom stereocenters. The van der Waals surface area contributed by atoms with Crippen LogP contribution in [0.25, 0.3) is 0 Å². The van der Waals surface area contributed by atoms with Crippen LogP contribution in [-0.4, -0.2) is 52.6 Å². The predicted octanol–water partition coefficient (Wildman–Crippen LogP) is 3.78. The van der Waals surface area contributed by atoms with Crippen LogP contribution in [-0.2, 0) is 11.8 Å². The number of nitrogens with one attached hydrogen (secondary N) is 1. The van der Waals surface area contributed by atoms with Crippen LogP contribution in [0, 0.1) is 5.92 Å². The molecule has 1 saturated carbocycles. The van der Waals surface area contributed by atoms with Gasteiger partial charge in [-0.15, -0.1) is 0 Å². The van der Waals surface area contributed by atoms with Gasteiger partial charge in [-0.3, -0.25) is 9.58 Å². The second-order valence-corrected chi connectivity index (χ2v) is 9.39. The van der Waals surface area contributed by atoms with Crippen molar-refractivity contribution < 1.29 is 9.53 Å². The molecule has 1 amide bonds. The summed E-state index contributed by atoms with van der Waals surface area (Å²) in [5, 5.41) is 7.73. The third-order valence-electron chi connectivity index (χ3n) is 7.03. The van der Waals surface area contributed by atoms with E-state index in [0.717, 1.165) is 19.5 Å². The van der Waals surface area contributed by atoms with Crippen molar-refractivity contribution in [3.05, 3.63) is 17.5 Å². The normalized spacial score (nSPS) is 30.6. The summed E-state index contributed by atoms with van der Waals surface area (Å²) in [5.41, 5.74) is 2.73. The first-order chi connectivity index (χ1) is 13.5. The van der Waals surface area contributed by atoms with Gasteiger partial charge >= 0.3 is 6.09 Å². The molecule has 1 N–H and O–H groups in total. The van der Waals surface area contributed by atoms with E-state index in [1.807, 2.05) is 13.8 Å². The fraction of sp³-hybridized carbons (Fsp3) is 0.818. The predicted molar refractivity (Wildman–Crippen MR) is 109 cm³/mol. The zero-order valence-corrected chi connectivity index (χ0v) is 17.7. The van der Waals surface area contributed by atoms with E-state index in [4.69, 9.17) is 9.84 Å². The van der Waals surface area contributed by atoms with Crippen LogP contribution in [0.2, 0.25) is 0 Å². The molecule has 3 aliphatic heterocycles. The maximum atomic E-state index is 11.8. The number of piperidine rings is 3. The minimum absolute atomic E-state index is 0.114. The third kappa shape index (κ3) is 4.22. The zero-order valence-electron chi connectivity index (χ0n) is 17.7. The molecule has 28 heavy (non-hydrogen) atoms. The van der Waals surface area contributed by atoms with Crippen molar-refractivity contribution in [2.45, 2.75) is 82.7 Å². The van der Waals surface area contributed by atoms with Gasteiger partial charge in [0.1, 0.15) is 6.61 Å². The van der Waals surface area contributed by atoms with Gasteiger partial charge in [-0.1, -0.05) is 19.3 Å². The molecule has 6 heteroatoms. The summed E-state index contributed by atoms with van der Waals surface area (Å²) >= 11 is 0. The number of aromatic nitrogens is 2. The molecule has 156 valence electrons. The largest absolute Gasteiger partial charge is 0.448 e. The average molecular weight is 389 g/mol. The van der Waals surface area contributed by atoms with E-state index >= 15 is 0 Å². The van der Waals surface area contributed by atoms with Crippen molar-refractivity contribution in [3.63, 3.8) is 0 Å². The monoisotopic (exact) mass is 388 g/mol. The number of amides is 1. The standard InChI is InChI=1S/C22H36N4O2/c1-15(2)23-22(27)28-14-18-11-17-9-10-26(18)13-19(17)21-12-20(24-25(21)3)16-7-5-4-6-8-16/h12,15-19H,4-11,13-14H2,1-3H3,(H,23,27). The average Bonchev–Trinajstić information content (AvgIpc) is 3.08. The minimum Gasteiger partial charge on any atom is -0.448 e. The number of fused-ring (bicyclic) bond motifs is 3. The lowest BCUT2D eigenvalue weighted by Gasteiger charge is -2.49. The van der Waals surface area contributed by atoms with E-state index < -0.39 is 0 Å². The Balaban J connectivity index is 1.38. The highest BCUT2D eigenvalue weighted by molar-refractivity contribution is 5.67. The fourth-order valence-electron chi connectivity index (χ4n) is 5.55. The van der Waals surface area contributed by atoms with E-state index in [-0.39, 0.29) is 12.1 Å². The minimum atomic E-state index is -0.294. The Morgan fingerprint density at radius 1 is 1.29 bits per heavy atom. The molecule has 0 radical (unpaired) electrons. The smallest absolute Gasteiger partial charge is 0.407 e. The Labute approximate surface area is 169 Å². The van der Waals surface area contributed by atoms with Crippen LogP contribution in [0.5, 0.6) is 0 Å². The van der Waals surface area contributed by atoms with E-state index in [0.29, 0.717) is 30.4 Å². The molecule has 3 saturated heterocycles. The van der Waals surface area contributed by atoms with Gasteiger partial charge in [-0.25, -0.2) is 4.79 Å². The molecule has 6 nitrogen and oxygen atoms in total. The van der Waals surface area contributed by atoms with E-state index in [1.165, 1.54) is 49.9 Å². The Hall–Kier alpha value is -1.56. The number of carbonyl (C=O) groups excluding carboxylic acids is 1. The maximum absolute atomic E-state index is 11.8. The van der Waals surface area contributed by atoms with Crippen molar-refractivity contribution in [2.24, 2.45) is 13.0 Å². The number of rotatable bonds is 5. The van der Waals surface area contributed by atoms with Crippen LogP contribution >= 0.6 is 0 Å². The topological polar surface area (TPSA) is 59.4 Å². The zero-order chi connectivity index (χ0) is 19.7. The number of alkyl carbamates (subject to hydrolysis) is 1. The molecule has 1 aromatic heterocycles. The molecule has 2 bridgehead atoms. The van der Waals surface area contributed by atoms with Crippen LogP contribution in [0.3, 0.4) is 0 Å². The third-order valence-corrected chi connectivity index (χ3v) is 7.03. The highest BCUT2D eigenvalue weighted by atomic mass is 16.5. The summed E-state index contributed by atoms with van der Waals surface area (Å²) in [7, 11) is 2.12. The molecule has 4 atom stereocenters. The van der Waals surface area contributed by atoms with Crippen LogP contribution in [0.1, 0.15) is 82.0 Å². The van der Waals surface area contributed by atoms with Crippen molar-refractivity contribution >= 4 is 6.09 Å². The lowest BCUT2D eigenvalue weighted by atomic mass is 9.74. The molecular formula is C22H36N4O2. The van der Waals surface area contributed by atoms with Crippen molar-refractivity contribution in [1.82, 2.24) is 20.0 Å². The van der Waals surface area contributed by atoms with Crippen molar-refractivity contribution in [3.8, 4) is 0 Å². The molecule has 1 aliphatic carbocycles. The first-order valence-electron chi connectivity index (χ1n) is 11.2. The van der Waals surface area contributed by atoms with Gasteiger partial charge in [0.25, 0.3) is 0 Å². The maximum Gasteiger partial charge on any atom is 0.407 e. The van der Waals surface area contributed by atoms with E-state index in [2.05, 4.69) is 28.0 Å². The van der Waals surface area contributed by atoms with Crippen LogP contribution < -0.4 is 5.32 Å².